The number of aryl methyl sites for hydroxylation is 1. The molecule has 0 bridgehead atoms. The first kappa shape index (κ1) is 29.4. The van der Waals surface area contributed by atoms with Gasteiger partial charge in [0.2, 0.25) is 0 Å². The number of anilines is 1. The Morgan fingerprint density at radius 3 is 2.27 bits per heavy atom. The van der Waals surface area contributed by atoms with Crippen molar-refractivity contribution in [2.45, 2.75) is 25.6 Å². The average Bonchev–Trinajstić information content (AvgIpc) is 3.25. The number of halogens is 6. The van der Waals surface area contributed by atoms with Gasteiger partial charge < -0.3 is 19.6 Å². The number of hydrogen-bond acceptors (Lipinski definition) is 5. The minimum absolute atomic E-state index is 0.0914. The van der Waals surface area contributed by atoms with Gasteiger partial charge in [0.1, 0.15) is 5.75 Å². The van der Waals surface area contributed by atoms with Gasteiger partial charge in [-0.2, -0.15) is 18.3 Å². The van der Waals surface area contributed by atoms with Crippen molar-refractivity contribution < 1.29 is 50.6 Å². The predicted octanol–water partition coefficient (Wildman–Crippen LogP) is 4.25. The Morgan fingerprint density at radius 1 is 1.07 bits per heavy atom. The Hall–Kier alpha value is -4.56. The van der Waals surface area contributed by atoms with Crippen LogP contribution >= 0.6 is 0 Å². The number of rotatable bonds is 2. The number of aromatic nitrogens is 2. The molecule has 9 nitrogen and oxygen atoms in total. The molecule has 15 heteroatoms. The topological polar surface area (TPSA) is 105 Å². The van der Waals surface area contributed by atoms with Crippen LogP contribution in [0.4, 0.5) is 32.0 Å². The van der Waals surface area contributed by atoms with E-state index in [1.807, 2.05) is 6.92 Å². The summed E-state index contributed by atoms with van der Waals surface area (Å²) in [7, 11) is 3.29. The minimum atomic E-state index is -5.08. The molecule has 0 spiro atoms. The van der Waals surface area contributed by atoms with E-state index in [9.17, 15) is 35.9 Å². The van der Waals surface area contributed by atoms with Crippen LogP contribution in [0.15, 0.2) is 30.3 Å². The molecule has 1 atom stereocenters. The Balaban J connectivity index is 0.000000493. The molecule has 5 rings (SSSR count). The molecule has 1 N–H and O–H groups in total. The predicted molar refractivity (Wildman–Crippen MR) is 131 cm³/mol. The fourth-order valence-corrected chi connectivity index (χ4v) is 4.65. The monoisotopic (exact) mass is 584 g/mol. The average molecular weight is 584 g/mol. The highest BCUT2D eigenvalue weighted by atomic mass is 19.4. The van der Waals surface area contributed by atoms with Crippen LogP contribution in [-0.2, 0) is 23.1 Å². The first-order chi connectivity index (χ1) is 19.1. The molecule has 2 aliphatic rings. The van der Waals surface area contributed by atoms with Gasteiger partial charge in [-0.1, -0.05) is 0 Å². The third kappa shape index (κ3) is 5.56. The summed E-state index contributed by atoms with van der Waals surface area (Å²) in [5.41, 5.74) is 3.05. The number of carbonyl (C=O) groups is 3. The first-order valence-corrected chi connectivity index (χ1v) is 12.0. The SMILES string of the molecule is C[C@H]1c2nn(C)c(-c3cc(F)c(F)c(F)c3)c2CCN1C(=O)c1ccc2c(c1)OCC(=O)N2C.O=C(O)C(F)(F)F. The van der Waals surface area contributed by atoms with Crippen LogP contribution in [0.25, 0.3) is 11.3 Å². The lowest BCUT2D eigenvalue weighted by Gasteiger charge is -2.33. The third-order valence-electron chi connectivity index (χ3n) is 6.70. The number of ether oxygens (including phenoxy) is 1. The molecule has 2 aromatic carbocycles. The second kappa shape index (κ2) is 10.8. The number of aliphatic carboxylic acids is 1. The van der Waals surface area contributed by atoms with Gasteiger partial charge in [-0.15, -0.1) is 0 Å². The van der Waals surface area contributed by atoms with Crippen LogP contribution in [0.5, 0.6) is 5.75 Å². The molecule has 0 radical (unpaired) electrons. The van der Waals surface area contributed by atoms with Gasteiger partial charge in [-0.3, -0.25) is 14.3 Å². The third-order valence-corrected chi connectivity index (χ3v) is 6.70. The summed E-state index contributed by atoms with van der Waals surface area (Å²) in [6, 6.07) is 6.44. The van der Waals surface area contributed by atoms with Crippen molar-refractivity contribution in [1.82, 2.24) is 14.7 Å². The molecule has 2 aliphatic heterocycles. The highest BCUT2D eigenvalue weighted by Crippen LogP contribution is 2.38. The fraction of sp³-hybridized carbons (Fsp3) is 0.308. The quantitative estimate of drug-likeness (QED) is 0.357. The Bertz CT molecular complexity index is 1530. The summed E-state index contributed by atoms with van der Waals surface area (Å²) in [5.74, 6) is -6.76. The molecule has 0 unspecified atom stereocenters. The van der Waals surface area contributed by atoms with Crippen LogP contribution < -0.4 is 9.64 Å². The molecule has 1 aromatic heterocycles. The number of carbonyl (C=O) groups excluding carboxylic acids is 2. The Labute approximate surface area is 228 Å². The van der Waals surface area contributed by atoms with Gasteiger partial charge in [0.05, 0.1) is 23.1 Å². The molecule has 3 heterocycles. The molecule has 41 heavy (non-hydrogen) atoms. The van der Waals surface area contributed by atoms with Crippen molar-refractivity contribution in [3.8, 4) is 17.0 Å². The van der Waals surface area contributed by atoms with Crippen molar-refractivity contribution in [2.24, 2.45) is 7.05 Å². The molecule has 3 aromatic rings. The highest BCUT2D eigenvalue weighted by molar-refractivity contribution is 6.00. The zero-order valence-corrected chi connectivity index (χ0v) is 21.7. The number of amides is 2. The number of fused-ring (bicyclic) bond motifs is 2. The normalized spacial score (nSPS) is 16.3. The van der Waals surface area contributed by atoms with E-state index in [1.165, 1.54) is 9.58 Å². The maximum absolute atomic E-state index is 13.9. The number of hydrogen-bond donors (Lipinski definition) is 1. The van der Waals surface area contributed by atoms with Gasteiger partial charge in [-0.05, 0) is 43.7 Å². The fourth-order valence-electron chi connectivity index (χ4n) is 4.65. The second-order valence-corrected chi connectivity index (χ2v) is 9.24. The van der Waals surface area contributed by atoms with Crippen molar-refractivity contribution in [3.63, 3.8) is 0 Å². The van der Waals surface area contributed by atoms with E-state index in [2.05, 4.69) is 5.10 Å². The molecule has 0 fully saturated rings. The van der Waals surface area contributed by atoms with E-state index in [1.54, 1.807) is 37.2 Å². The number of nitrogens with zero attached hydrogens (tertiary/aromatic N) is 4. The molecule has 218 valence electrons. The molecule has 0 saturated heterocycles. The molecular weight excluding hydrogens is 562 g/mol. The molecular formula is C26H22F6N4O5. The van der Waals surface area contributed by atoms with Crippen molar-refractivity contribution in [3.05, 3.63) is 64.6 Å². The van der Waals surface area contributed by atoms with Gasteiger partial charge in [-0.25, -0.2) is 18.0 Å². The lowest BCUT2D eigenvalue weighted by molar-refractivity contribution is -0.192. The minimum Gasteiger partial charge on any atom is -0.482 e. The first-order valence-electron chi connectivity index (χ1n) is 12.0. The Kier molecular flexibility index (Phi) is 7.74. The maximum atomic E-state index is 13.9. The van der Waals surface area contributed by atoms with E-state index < -0.39 is 35.6 Å². The molecule has 0 saturated carbocycles. The number of carboxylic acids is 1. The summed E-state index contributed by atoms with van der Waals surface area (Å²) < 4.78 is 79.9. The van der Waals surface area contributed by atoms with E-state index in [0.717, 1.165) is 17.7 Å². The van der Waals surface area contributed by atoms with Gasteiger partial charge >= 0.3 is 12.1 Å². The molecule has 0 aliphatic carbocycles. The van der Waals surface area contributed by atoms with E-state index in [0.29, 0.717) is 41.4 Å². The van der Waals surface area contributed by atoms with Crippen LogP contribution in [0.3, 0.4) is 0 Å². The summed E-state index contributed by atoms with van der Waals surface area (Å²) in [4.78, 5) is 37.2. The zero-order valence-electron chi connectivity index (χ0n) is 21.7. The van der Waals surface area contributed by atoms with E-state index >= 15 is 0 Å². The van der Waals surface area contributed by atoms with Crippen LogP contribution in [-0.4, -0.2) is 63.9 Å². The zero-order chi connectivity index (χ0) is 30.4. The van der Waals surface area contributed by atoms with Crippen molar-refractivity contribution in [2.75, 3.05) is 25.1 Å². The molecule has 2 amide bonds. The van der Waals surface area contributed by atoms with Crippen LogP contribution in [0.2, 0.25) is 0 Å². The second-order valence-electron chi connectivity index (χ2n) is 9.24. The number of alkyl halides is 3. The summed E-state index contributed by atoms with van der Waals surface area (Å²) in [6.07, 6.45) is -4.67. The van der Waals surface area contributed by atoms with Gasteiger partial charge in [0, 0.05) is 37.3 Å². The van der Waals surface area contributed by atoms with Crippen LogP contribution in [0.1, 0.15) is 34.6 Å². The van der Waals surface area contributed by atoms with E-state index in [4.69, 9.17) is 14.6 Å². The van der Waals surface area contributed by atoms with E-state index in [-0.39, 0.29) is 24.0 Å². The standard InChI is InChI=1S/C24H21F3N4O3.C2HF3O2/c1-12-22-15(23(30(3)28-22)14-8-16(25)21(27)17(26)9-14)6-7-31(12)24(33)13-4-5-18-19(10-13)34-11-20(32)29(18)2;3-2(4,5)1(6)7/h4-5,8-10,12H,6-7,11H2,1-3H3;(H,6,7)/t12-;/m0./s1. The lowest BCUT2D eigenvalue weighted by Crippen LogP contribution is -2.39. The number of likely N-dealkylation sites (N-methyl/N-ethyl adjacent to an activating group) is 1. The van der Waals surface area contributed by atoms with Gasteiger partial charge in [0.25, 0.3) is 11.8 Å². The number of carboxylic acid groups (broad SMARTS) is 1. The van der Waals surface area contributed by atoms with Crippen LogP contribution in [0, 0.1) is 17.5 Å². The smallest absolute Gasteiger partial charge is 0.482 e. The summed E-state index contributed by atoms with van der Waals surface area (Å²) in [6.45, 7) is 2.10. The number of benzene rings is 2. The van der Waals surface area contributed by atoms with Gasteiger partial charge in [0.15, 0.2) is 24.1 Å². The summed E-state index contributed by atoms with van der Waals surface area (Å²) >= 11 is 0. The largest absolute Gasteiger partial charge is 0.490 e. The Morgan fingerprint density at radius 2 is 1.68 bits per heavy atom. The van der Waals surface area contributed by atoms with Crippen molar-refractivity contribution in [1.29, 1.82) is 0 Å². The van der Waals surface area contributed by atoms with Crippen molar-refractivity contribution >= 4 is 23.5 Å². The summed E-state index contributed by atoms with van der Waals surface area (Å²) in [5, 5.41) is 11.6. The maximum Gasteiger partial charge on any atom is 0.490 e. The highest BCUT2D eigenvalue weighted by Gasteiger charge is 2.38. The lowest BCUT2D eigenvalue weighted by atomic mass is 9.95.